The Morgan fingerprint density at radius 2 is 1.89 bits per heavy atom. The van der Waals surface area contributed by atoms with E-state index in [1.165, 1.54) is 0 Å². The molecule has 0 saturated carbocycles. The average Bonchev–Trinajstić information content (AvgIpc) is 3.08. The second-order valence-electron chi connectivity index (χ2n) is 7.33. The number of hydrogen-bond donors (Lipinski definition) is 1. The van der Waals surface area contributed by atoms with Crippen molar-refractivity contribution >= 4 is 38.5 Å². The maximum Gasteiger partial charge on any atom is 0.291 e. The molecule has 146 valence electrons. The lowest BCUT2D eigenvalue weighted by Crippen LogP contribution is -2.44. The van der Waals surface area contributed by atoms with Crippen molar-refractivity contribution in [1.29, 1.82) is 0 Å². The monoisotopic (exact) mass is 442 g/mol. The number of ether oxygens (including phenoxy) is 1. The molecule has 1 aromatic heterocycles. The summed E-state index contributed by atoms with van der Waals surface area (Å²) in [6.45, 7) is 6.71. The van der Waals surface area contributed by atoms with E-state index in [-0.39, 0.29) is 18.1 Å². The van der Waals surface area contributed by atoms with Gasteiger partial charge in [0.25, 0.3) is 5.91 Å². The summed E-state index contributed by atoms with van der Waals surface area (Å²) >= 11 is 3.46. The fourth-order valence-corrected chi connectivity index (χ4v) is 4.22. The van der Waals surface area contributed by atoms with Gasteiger partial charge in [-0.25, -0.2) is 0 Å². The van der Waals surface area contributed by atoms with E-state index in [9.17, 15) is 4.79 Å². The van der Waals surface area contributed by atoms with E-state index < -0.39 is 0 Å². The first-order valence-corrected chi connectivity index (χ1v) is 10.2. The number of rotatable bonds is 4. The van der Waals surface area contributed by atoms with E-state index in [4.69, 9.17) is 9.15 Å². The van der Waals surface area contributed by atoms with Crippen LogP contribution in [-0.2, 0) is 11.3 Å². The minimum absolute atomic E-state index is 0.208. The number of amides is 1. The van der Waals surface area contributed by atoms with E-state index in [0.717, 1.165) is 40.7 Å². The quantitative estimate of drug-likeness (QED) is 0.613. The van der Waals surface area contributed by atoms with Crippen molar-refractivity contribution in [3.8, 4) is 0 Å². The second-order valence-corrected chi connectivity index (χ2v) is 8.19. The van der Waals surface area contributed by atoms with Gasteiger partial charge in [0.1, 0.15) is 5.58 Å². The first-order chi connectivity index (χ1) is 13.5. The summed E-state index contributed by atoms with van der Waals surface area (Å²) in [5.74, 6) is 0.0459. The molecule has 1 amide bonds. The number of carbonyl (C=O) groups is 1. The van der Waals surface area contributed by atoms with Crippen LogP contribution in [0.1, 0.15) is 30.0 Å². The Labute approximate surface area is 172 Å². The van der Waals surface area contributed by atoms with Crippen molar-refractivity contribution < 1.29 is 13.9 Å². The summed E-state index contributed by atoms with van der Waals surface area (Å²) in [7, 11) is 0. The minimum atomic E-state index is -0.251. The Morgan fingerprint density at radius 3 is 2.64 bits per heavy atom. The standard InChI is InChI=1S/C22H23BrN2O3/c1-14-11-25(12-15(2)27-14)13-17-6-3-4-9-19(17)24-22(26)20-10-16-7-5-8-18(23)21(16)28-20/h3-10,14-15H,11-13H2,1-2H3,(H,24,26). The molecule has 6 heteroatoms. The maximum absolute atomic E-state index is 12.8. The maximum atomic E-state index is 12.8. The summed E-state index contributed by atoms with van der Waals surface area (Å²) in [5.41, 5.74) is 2.56. The smallest absolute Gasteiger partial charge is 0.291 e. The number of morpholine rings is 1. The zero-order chi connectivity index (χ0) is 19.7. The number of nitrogens with one attached hydrogen (secondary N) is 1. The van der Waals surface area contributed by atoms with Gasteiger partial charge in [-0.05, 0) is 53.5 Å². The number of hydrogen-bond acceptors (Lipinski definition) is 4. The van der Waals surface area contributed by atoms with Gasteiger partial charge in [-0.3, -0.25) is 9.69 Å². The normalized spacial score (nSPS) is 20.4. The summed E-state index contributed by atoms with van der Waals surface area (Å²) < 4.78 is 12.4. The van der Waals surface area contributed by atoms with Crippen LogP contribution in [0.15, 0.2) is 57.4 Å². The topological polar surface area (TPSA) is 54.7 Å². The molecule has 2 aromatic carbocycles. The molecule has 3 aromatic rings. The Balaban J connectivity index is 1.53. The van der Waals surface area contributed by atoms with Crippen LogP contribution in [0.5, 0.6) is 0 Å². The van der Waals surface area contributed by atoms with Crippen molar-refractivity contribution in [2.24, 2.45) is 0 Å². The molecule has 1 fully saturated rings. The molecular weight excluding hydrogens is 420 g/mol. The fourth-order valence-electron chi connectivity index (χ4n) is 3.76. The van der Waals surface area contributed by atoms with Gasteiger partial charge in [0.2, 0.25) is 0 Å². The Kier molecular flexibility index (Phi) is 5.53. The van der Waals surface area contributed by atoms with Gasteiger partial charge >= 0.3 is 0 Å². The van der Waals surface area contributed by atoms with Crippen LogP contribution >= 0.6 is 15.9 Å². The molecule has 5 nitrogen and oxygen atoms in total. The molecule has 0 spiro atoms. The highest BCUT2D eigenvalue weighted by atomic mass is 79.9. The number of halogens is 1. The Hall–Kier alpha value is -2.15. The molecule has 1 aliphatic rings. The largest absolute Gasteiger partial charge is 0.450 e. The van der Waals surface area contributed by atoms with Crippen LogP contribution in [0.3, 0.4) is 0 Å². The van der Waals surface area contributed by atoms with Crippen LogP contribution in [0, 0.1) is 0 Å². The van der Waals surface area contributed by atoms with E-state index >= 15 is 0 Å². The third-order valence-corrected chi connectivity index (χ3v) is 5.50. The highest BCUT2D eigenvalue weighted by Crippen LogP contribution is 2.28. The van der Waals surface area contributed by atoms with Gasteiger partial charge in [0.05, 0.1) is 16.7 Å². The molecule has 2 atom stereocenters. The number of carbonyl (C=O) groups excluding carboxylic acids is 1. The Bertz CT molecular complexity index is 990. The predicted molar refractivity (Wildman–Crippen MR) is 114 cm³/mol. The number of para-hydroxylation sites is 2. The molecule has 4 rings (SSSR count). The lowest BCUT2D eigenvalue weighted by Gasteiger charge is -2.35. The summed E-state index contributed by atoms with van der Waals surface area (Å²) in [4.78, 5) is 15.2. The molecule has 0 bridgehead atoms. The molecule has 1 aliphatic heterocycles. The summed E-state index contributed by atoms with van der Waals surface area (Å²) in [6.07, 6.45) is 0.416. The van der Waals surface area contributed by atoms with E-state index in [1.807, 2.05) is 36.4 Å². The first-order valence-electron chi connectivity index (χ1n) is 9.44. The third-order valence-electron chi connectivity index (χ3n) is 4.87. The van der Waals surface area contributed by atoms with Crippen molar-refractivity contribution in [3.05, 3.63) is 64.3 Å². The summed E-state index contributed by atoms with van der Waals surface area (Å²) in [6, 6.07) is 15.4. The predicted octanol–water partition coefficient (Wildman–Crippen LogP) is 5.06. The zero-order valence-electron chi connectivity index (χ0n) is 15.9. The number of anilines is 1. The molecule has 1 N–H and O–H groups in total. The zero-order valence-corrected chi connectivity index (χ0v) is 17.5. The number of fused-ring (bicyclic) bond motifs is 1. The molecule has 28 heavy (non-hydrogen) atoms. The summed E-state index contributed by atoms with van der Waals surface area (Å²) in [5, 5.41) is 3.91. The second kappa shape index (κ2) is 8.07. The lowest BCUT2D eigenvalue weighted by atomic mass is 10.1. The van der Waals surface area contributed by atoms with Gasteiger partial charge in [0, 0.05) is 30.7 Å². The van der Waals surface area contributed by atoms with Crippen molar-refractivity contribution in [2.75, 3.05) is 18.4 Å². The Morgan fingerprint density at radius 1 is 1.14 bits per heavy atom. The average molecular weight is 443 g/mol. The SMILES string of the molecule is CC1CN(Cc2ccccc2NC(=O)c2cc3cccc(Br)c3o2)CC(C)O1. The molecular formula is C22H23BrN2O3. The van der Waals surface area contributed by atoms with Crippen molar-refractivity contribution in [2.45, 2.75) is 32.6 Å². The van der Waals surface area contributed by atoms with Gasteiger partial charge in [0.15, 0.2) is 5.76 Å². The van der Waals surface area contributed by atoms with Gasteiger partial charge < -0.3 is 14.5 Å². The van der Waals surface area contributed by atoms with Crippen molar-refractivity contribution in [3.63, 3.8) is 0 Å². The molecule has 0 radical (unpaired) electrons. The van der Waals surface area contributed by atoms with Gasteiger partial charge in [-0.1, -0.05) is 30.3 Å². The molecule has 2 unspecified atom stereocenters. The molecule has 1 saturated heterocycles. The number of benzene rings is 2. The van der Waals surface area contributed by atoms with Crippen LogP contribution < -0.4 is 5.32 Å². The number of nitrogens with zero attached hydrogens (tertiary/aromatic N) is 1. The van der Waals surface area contributed by atoms with Crippen LogP contribution in [-0.4, -0.2) is 36.1 Å². The van der Waals surface area contributed by atoms with E-state index in [1.54, 1.807) is 6.07 Å². The molecule has 2 heterocycles. The number of furan rings is 1. The van der Waals surface area contributed by atoms with Gasteiger partial charge in [-0.15, -0.1) is 0 Å². The van der Waals surface area contributed by atoms with Crippen LogP contribution in [0.25, 0.3) is 11.0 Å². The highest BCUT2D eigenvalue weighted by Gasteiger charge is 2.23. The van der Waals surface area contributed by atoms with Crippen LogP contribution in [0.4, 0.5) is 5.69 Å². The van der Waals surface area contributed by atoms with Crippen molar-refractivity contribution in [1.82, 2.24) is 4.90 Å². The third kappa shape index (κ3) is 4.14. The fraction of sp³-hybridized carbons (Fsp3) is 0.318. The van der Waals surface area contributed by atoms with E-state index in [0.29, 0.717) is 11.3 Å². The lowest BCUT2D eigenvalue weighted by molar-refractivity contribution is -0.0704. The van der Waals surface area contributed by atoms with E-state index in [2.05, 4.69) is 46.1 Å². The minimum Gasteiger partial charge on any atom is -0.450 e. The van der Waals surface area contributed by atoms with Crippen LogP contribution in [0.2, 0.25) is 0 Å². The van der Waals surface area contributed by atoms with Gasteiger partial charge in [-0.2, -0.15) is 0 Å². The highest BCUT2D eigenvalue weighted by molar-refractivity contribution is 9.10. The first kappa shape index (κ1) is 19.2. The molecule has 0 aliphatic carbocycles.